The topological polar surface area (TPSA) is 41.6 Å². The first-order chi connectivity index (χ1) is 9.54. The summed E-state index contributed by atoms with van der Waals surface area (Å²) >= 11 is 0. The highest BCUT2D eigenvalue weighted by Gasteiger charge is 2.08. The molecule has 0 heterocycles. The Kier molecular flexibility index (Phi) is 7.26. The van der Waals surface area contributed by atoms with Crippen LogP contribution >= 0.6 is 0 Å². The Hall–Kier alpha value is -1.39. The van der Waals surface area contributed by atoms with Gasteiger partial charge < -0.3 is 15.0 Å². The zero-order valence-electron chi connectivity index (χ0n) is 13.0. The van der Waals surface area contributed by atoms with Crippen molar-refractivity contribution >= 4 is 5.91 Å². The summed E-state index contributed by atoms with van der Waals surface area (Å²) in [5, 5.41) is 3.06. The SMILES string of the molecule is COCCNCC(=O)N(C)Cc1ccc(C(C)C)cc1. The minimum Gasteiger partial charge on any atom is -0.383 e. The zero-order chi connectivity index (χ0) is 15.0. The molecule has 20 heavy (non-hydrogen) atoms. The van der Waals surface area contributed by atoms with Gasteiger partial charge in [0, 0.05) is 27.2 Å². The molecular formula is C16H26N2O2. The second-order valence-corrected chi connectivity index (χ2v) is 5.32. The maximum Gasteiger partial charge on any atom is 0.236 e. The van der Waals surface area contributed by atoms with Crippen molar-refractivity contribution in [1.82, 2.24) is 10.2 Å². The second kappa shape index (κ2) is 8.72. The molecule has 0 aromatic heterocycles. The smallest absolute Gasteiger partial charge is 0.236 e. The van der Waals surface area contributed by atoms with Gasteiger partial charge in [-0.05, 0) is 17.0 Å². The van der Waals surface area contributed by atoms with E-state index in [9.17, 15) is 4.79 Å². The minimum absolute atomic E-state index is 0.0917. The number of ether oxygens (including phenoxy) is 1. The number of nitrogens with one attached hydrogen (secondary N) is 1. The molecule has 0 radical (unpaired) electrons. The third-order valence-corrected chi connectivity index (χ3v) is 3.25. The van der Waals surface area contributed by atoms with E-state index in [4.69, 9.17) is 4.74 Å². The van der Waals surface area contributed by atoms with Crippen LogP contribution in [0.1, 0.15) is 30.9 Å². The number of methoxy groups -OCH3 is 1. The van der Waals surface area contributed by atoms with Crippen molar-refractivity contribution in [2.75, 3.05) is 33.9 Å². The van der Waals surface area contributed by atoms with Crippen molar-refractivity contribution in [3.63, 3.8) is 0 Å². The summed E-state index contributed by atoms with van der Waals surface area (Å²) in [7, 11) is 3.48. The van der Waals surface area contributed by atoms with Crippen LogP contribution in [-0.2, 0) is 16.1 Å². The number of nitrogens with zero attached hydrogens (tertiary/aromatic N) is 1. The van der Waals surface area contributed by atoms with Gasteiger partial charge in [-0.15, -0.1) is 0 Å². The van der Waals surface area contributed by atoms with Gasteiger partial charge in [-0.3, -0.25) is 4.79 Å². The van der Waals surface area contributed by atoms with Crippen molar-refractivity contribution in [2.24, 2.45) is 0 Å². The number of likely N-dealkylation sites (N-methyl/N-ethyl adjacent to an activating group) is 1. The van der Waals surface area contributed by atoms with Crippen LogP contribution in [0, 0.1) is 0 Å². The lowest BCUT2D eigenvalue weighted by Crippen LogP contribution is -2.36. The van der Waals surface area contributed by atoms with E-state index in [2.05, 4.69) is 43.4 Å². The maximum atomic E-state index is 11.9. The van der Waals surface area contributed by atoms with Crippen molar-refractivity contribution in [2.45, 2.75) is 26.3 Å². The van der Waals surface area contributed by atoms with Crippen molar-refractivity contribution in [3.05, 3.63) is 35.4 Å². The van der Waals surface area contributed by atoms with Crippen LogP contribution in [0.3, 0.4) is 0 Å². The van der Waals surface area contributed by atoms with E-state index in [0.717, 1.165) is 5.56 Å². The van der Waals surface area contributed by atoms with Gasteiger partial charge in [-0.2, -0.15) is 0 Å². The summed E-state index contributed by atoms with van der Waals surface area (Å²) in [6, 6.07) is 8.46. The molecule has 4 nitrogen and oxygen atoms in total. The molecular weight excluding hydrogens is 252 g/mol. The summed E-state index contributed by atoms with van der Waals surface area (Å²) in [5.41, 5.74) is 2.48. The van der Waals surface area contributed by atoms with Crippen LogP contribution in [0.15, 0.2) is 24.3 Å². The first-order valence-electron chi connectivity index (χ1n) is 7.07. The molecule has 1 N–H and O–H groups in total. The number of hydrogen-bond acceptors (Lipinski definition) is 3. The van der Waals surface area contributed by atoms with E-state index in [1.165, 1.54) is 5.56 Å². The molecule has 0 bridgehead atoms. The first-order valence-corrected chi connectivity index (χ1v) is 7.07. The summed E-state index contributed by atoms with van der Waals surface area (Å²) < 4.78 is 4.92. The lowest BCUT2D eigenvalue weighted by molar-refractivity contribution is -0.129. The molecule has 112 valence electrons. The van der Waals surface area contributed by atoms with Gasteiger partial charge in [-0.25, -0.2) is 0 Å². The summed E-state index contributed by atoms with van der Waals surface area (Å²) in [4.78, 5) is 13.6. The molecule has 0 aliphatic rings. The van der Waals surface area contributed by atoms with Gasteiger partial charge >= 0.3 is 0 Å². The highest BCUT2D eigenvalue weighted by molar-refractivity contribution is 5.77. The van der Waals surface area contributed by atoms with Gasteiger partial charge in [0.2, 0.25) is 5.91 Å². The van der Waals surface area contributed by atoms with E-state index in [1.54, 1.807) is 12.0 Å². The Morgan fingerprint density at radius 2 is 1.95 bits per heavy atom. The van der Waals surface area contributed by atoms with Gasteiger partial charge in [0.05, 0.1) is 13.2 Å². The number of rotatable bonds is 8. The first kappa shape index (κ1) is 16.7. The molecule has 0 saturated heterocycles. The molecule has 0 aliphatic carbocycles. The Morgan fingerprint density at radius 1 is 1.30 bits per heavy atom. The van der Waals surface area contributed by atoms with Crippen LogP contribution in [0.5, 0.6) is 0 Å². The summed E-state index contributed by atoms with van der Waals surface area (Å²) in [5.74, 6) is 0.627. The van der Waals surface area contributed by atoms with Crippen LogP contribution in [-0.4, -0.2) is 44.7 Å². The fraction of sp³-hybridized carbons (Fsp3) is 0.562. The van der Waals surface area contributed by atoms with Crippen LogP contribution in [0.2, 0.25) is 0 Å². The molecule has 1 aromatic carbocycles. The molecule has 0 atom stereocenters. The second-order valence-electron chi connectivity index (χ2n) is 5.32. The lowest BCUT2D eigenvalue weighted by atomic mass is 10.0. The number of benzene rings is 1. The average Bonchev–Trinajstić information content (AvgIpc) is 2.44. The molecule has 4 heteroatoms. The molecule has 0 fully saturated rings. The van der Waals surface area contributed by atoms with Gasteiger partial charge in [0.1, 0.15) is 0 Å². The van der Waals surface area contributed by atoms with Crippen molar-refractivity contribution in [3.8, 4) is 0 Å². The molecule has 0 spiro atoms. The monoisotopic (exact) mass is 278 g/mol. The zero-order valence-corrected chi connectivity index (χ0v) is 13.0. The van der Waals surface area contributed by atoms with E-state index in [1.807, 2.05) is 7.05 Å². The van der Waals surface area contributed by atoms with Gasteiger partial charge in [0.15, 0.2) is 0 Å². The largest absolute Gasteiger partial charge is 0.383 e. The van der Waals surface area contributed by atoms with Crippen LogP contribution in [0.25, 0.3) is 0 Å². The third kappa shape index (κ3) is 5.72. The van der Waals surface area contributed by atoms with E-state index < -0.39 is 0 Å². The van der Waals surface area contributed by atoms with E-state index >= 15 is 0 Å². The number of carbonyl (C=O) groups excluding carboxylic acids is 1. The maximum absolute atomic E-state index is 11.9. The lowest BCUT2D eigenvalue weighted by Gasteiger charge is -2.18. The summed E-state index contributed by atoms with van der Waals surface area (Å²) in [6.45, 7) is 6.66. The van der Waals surface area contributed by atoms with E-state index in [-0.39, 0.29) is 5.91 Å². The Balaban J connectivity index is 2.40. The van der Waals surface area contributed by atoms with Gasteiger partial charge in [0.25, 0.3) is 0 Å². The highest BCUT2D eigenvalue weighted by Crippen LogP contribution is 2.15. The molecule has 1 amide bonds. The Morgan fingerprint density at radius 3 is 2.50 bits per heavy atom. The average molecular weight is 278 g/mol. The predicted octanol–water partition coefficient (Wildman–Crippen LogP) is 2.00. The molecule has 0 aliphatic heterocycles. The Labute approximate surface area is 122 Å². The van der Waals surface area contributed by atoms with Crippen LogP contribution < -0.4 is 5.32 Å². The fourth-order valence-electron chi connectivity index (χ4n) is 1.87. The molecule has 1 rings (SSSR count). The minimum atomic E-state index is 0.0917. The van der Waals surface area contributed by atoms with Crippen molar-refractivity contribution in [1.29, 1.82) is 0 Å². The normalized spacial score (nSPS) is 10.8. The number of hydrogen-bond donors (Lipinski definition) is 1. The van der Waals surface area contributed by atoms with E-state index in [0.29, 0.717) is 32.2 Å². The van der Waals surface area contributed by atoms with Crippen LogP contribution in [0.4, 0.5) is 0 Å². The Bertz CT molecular complexity index is 401. The summed E-state index contributed by atoms with van der Waals surface area (Å²) in [6.07, 6.45) is 0. The number of amides is 1. The molecule has 1 aromatic rings. The third-order valence-electron chi connectivity index (χ3n) is 3.25. The predicted molar refractivity (Wildman–Crippen MR) is 81.8 cm³/mol. The fourth-order valence-corrected chi connectivity index (χ4v) is 1.87. The quantitative estimate of drug-likeness (QED) is 0.740. The molecule has 0 unspecified atom stereocenters. The van der Waals surface area contributed by atoms with Gasteiger partial charge in [-0.1, -0.05) is 38.1 Å². The highest BCUT2D eigenvalue weighted by atomic mass is 16.5. The van der Waals surface area contributed by atoms with Crippen molar-refractivity contribution < 1.29 is 9.53 Å². The molecule has 0 saturated carbocycles. The number of carbonyl (C=O) groups is 1. The standard InChI is InChI=1S/C16H26N2O2/c1-13(2)15-7-5-14(6-8-15)12-18(3)16(19)11-17-9-10-20-4/h5-8,13,17H,9-12H2,1-4H3.